The Hall–Kier alpha value is -0.740. The molecule has 0 amide bonds. The van der Waals surface area contributed by atoms with E-state index in [9.17, 15) is 9.50 Å². The zero-order valence-electron chi connectivity index (χ0n) is 9.86. The summed E-state index contributed by atoms with van der Waals surface area (Å²) < 4.78 is 18.8. The Morgan fingerprint density at radius 2 is 2.41 bits per heavy atom. The molecule has 1 aromatic rings. The van der Waals surface area contributed by atoms with Crippen LogP contribution in [0.4, 0.5) is 4.39 Å². The summed E-state index contributed by atoms with van der Waals surface area (Å²) >= 11 is 1.78. The third kappa shape index (κ3) is 2.93. The molecule has 1 aliphatic rings. The van der Waals surface area contributed by atoms with Crippen molar-refractivity contribution in [3.8, 4) is 5.75 Å². The minimum Gasteiger partial charge on any atom is -0.494 e. The Balaban J connectivity index is 2.07. The van der Waals surface area contributed by atoms with Gasteiger partial charge in [-0.2, -0.15) is 11.8 Å². The maximum Gasteiger partial charge on any atom is 0.168 e. The van der Waals surface area contributed by atoms with Crippen LogP contribution in [0.25, 0.3) is 0 Å². The molecule has 0 saturated carbocycles. The van der Waals surface area contributed by atoms with Crippen molar-refractivity contribution in [1.29, 1.82) is 0 Å². The van der Waals surface area contributed by atoms with Gasteiger partial charge in [-0.05, 0) is 30.2 Å². The van der Waals surface area contributed by atoms with E-state index in [1.165, 1.54) is 7.11 Å². The van der Waals surface area contributed by atoms with Crippen molar-refractivity contribution in [2.24, 2.45) is 0 Å². The van der Waals surface area contributed by atoms with E-state index >= 15 is 0 Å². The van der Waals surface area contributed by atoms with Crippen molar-refractivity contribution in [2.75, 3.05) is 12.9 Å². The van der Waals surface area contributed by atoms with Crippen molar-refractivity contribution in [3.63, 3.8) is 0 Å². The number of thioether (sulfide) groups is 1. The van der Waals surface area contributed by atoms with Gasteiger partial charge in [0.15, 0.2) is 11.6 Å². The Kier molecular flexibility index (Phi) is 4.29. The maximum atomic E-state index is 13.9. The molecule has 0 bridgehead atoms. The van der Waals surface area contributed by atoms with E-state index in [0.29, 0.717) is 12.0 Å². The van der Waals surface area contributed by atoms with Crippen LogP contribution in [0, 0.1) is 5.82 Å². The van der Waals surface area contributed by atoms with E-state index in [1.807, 2.05) is 0 Å². The molecule has 1 fully saturated rings. The fraction of sp³-hybridized carbons (Fsp3) is 0.538. The second kappa shape index (κ2) is 5.74. The molecule has 1 aliphatic heterocycles. The molecule has 94 valence electrons. The summed E-state index contributed by atoms with van der Waals surface area (Å²) in [6, 6.07) is 5.06. The highest BCUT2D eigenvalue weighted by atomic mass is 32.2. The van der Waals surface area contributed by atoms with Gasteiger partial charge >= 0.3 is 0 Å². The summed E-state index contributed by atoms with van der Waals surface area (Å²) in [6.45, 7) is 0. The molecule has 1 saturated heterocycles. The molecule has 0 aliphatic carbocycles. The van der Waals surface area contributed by atoms with Crippen LogP contribution in [0.3, 0.4) is 0 Å². The van der Waals surface area contributed by atoms with Crippen LogP contribution in [-0.2, 0) is 6.42 Å². The lowest BCUT2D eigenvalue weighted by molar-refractivity contribution is 0.169. The maximum absolute atomic E-state index is 13.9. The molecule has 2 unspecified atom stereocenters. The summed E-state index contributed by atoms with van der Waals surface area (Å²) in [7, 11) is 1.45. The number of hydrogen-bond acceptors (Lipinski definition) is 3. The van der Waals surface area contributed by atoms with Crippen molar-refractivity contribution in [2.45, 2.75) is 30.6 Å². The van der Waals surface area contributed by atoms with Crippen molar-refractivity contribution >= 4 is 11.8 Å². The van der Waals surface area contributed by atoms with Crippen LogP contribution in [-0.4, -0.2) is 29.3 Å². The molecule has 4 heteroatoms. The van der Waals surface area contributed by atoms with Gasteiger partial charge in [0.1, 0.15) is 0 Å². The van der Waals surface area contributed by atoms with E-state index < -0.39 is 6.10 Å². The largest absolute Gasteiger partial charge is 0.494 e. The first-order valence-electron chi connectivity index (χ1n) is 5.83. The number of halogens is 1. The van der Waals surface area contributed by atoms with E-state index in [0.717, 1.165) is 18.6 Å². The second-order valence-corrected chi connectivity index (χ2v) is 5.60. The van der Waals surface area contributed by atoms with Gasteiger partial charge in [-0.15, -0.1) is 0 Å². The van der Waals surface area contributed by atoms with Crippen LogP contribution in [0.1, 0.15) is 18.4 Å². The second-order valence-electron chi connectivity index (χ2n) is 4.26. The van der Waals surface area contributed by atoms with Crippen LogP contribution in [0.15, 0.2) is 18.2 Å². The Morgan fingerprint density at radius 1 is 1.59 bits per heavy atom. The monoisotopic (exact) mass is 256 g/mol. The molecule has 1 N–H and O–H groups in total. The lowest BCUT2D eigenvalue weighted by Crippen LogP contribution is -2.23. The molecule has 2 atom stereocenters. The fourth-order valence-electron chi connectivity index (χ4n) is 2.13. The normalized spacial score (nSPS) is 21.5. The standard InChI is InChI=1S/C13H17FO2S/c1-16-11-5-2-4-9(13(11)14)8-10(15)12-6-3-7-17-12/h2,4-5,10,12,15H,3,6-8H2,1H3. The van der Waals surface area contributed by atoms with Crippen LogP contribution >= 0.6 is 11.8 Å². The highest BCUT2D eigenvalue weighted by molar-refractivity contribution is 8.00. The van der Waals surface area contributed by atoms with Crippen LogP contribution < -0.4 is 4.74 Å². The summed E-state index contributed by atoms with van der Waals surface area (Å²) in [5.41, 5.74) is 0.532. The minimum atomic E-state index is -0.468. The van der Waals surface area contributed by atoms with Gasteiger partial charge in [-0.3, -0.25) is 0 Å². The topological polar surface area (TPSA) is 29.5 Å². The number of benzene rings is 1. The first kappa shape index (κ1) is 12.7. The van der Waals surface area contributed by atoms with Crippen molar-refractivity contribution in [1.82, 2.24) is 0 Å². The highest BCUT2D eigenvalue weighted by Crippen LogP contribution is 2.31. The lowest BCUT2D eigenvalue weighted by atomic mass is 10.0. The van der Waals surface area contributed by atoms with Gasteiger partial charge in [0.25, 0.3) is 0 Å². The van der Waals surface area contributed by atoms with Gasteiger partial charge in [0, 0.05) is 11.7 Å². The molecule has 1 aromatic carbocycles. The molecule has 1 heterocycles. The SMILES string of the molecule is COc1cccc(CC(O)C2CCCS2)c1F. The summed E-state index contributed by atoms with van der Waals surface area (Å²) in [5, 5.41) is 10.3. The third-order valence-electron chi connectivity index (χ3n) is 3.09. The zero-order valence-corrected chi connectivity index (χ0v) is 10.7. The molecular weight excluding hydrogens is 239 g/mol. The smallest absolute Gasteiger partial charge is 0.168 e. The van der Waals surface area contributed by atoms with Gasteiger partial charge < -0.3 is 9.84 Å². The van der Waals surface area contributed by atoms with E-state index in [-0.39, 0.29) is 16.8 Å². The number of aliphatic hydroxyl groups excluding tert-OH is 1. The predicted octanol–water partition coefficient (Wildman–Crippen LogP) is 2.63. The molecule has 0 radical (unpaired) electrons. The van der Waals surface area contributed by atoms with Gasteiger partial charge in [0.05, 0.1) is 13.2 Å². The highest BCUT2D eigenvalue weighted by Gasteiger charge is 2.25. The molecule has 2 rings (SSSR count). The van der Waals surface area contributed by atoms with E-state index in [1.54, 1.807) is 30.0 Å². The first-order valence-corrected chi connectivity index (χ1v) is 6.88. The fourth-order valence-corrected chi connectivity index (χ4v) is 3.42. The van der Waals surface area contributed by atoms with Crippen molar-refractivity contribution in [3.05, 3.63) is 29.6 Å². The van der Waals surface area contributed by atoms with E-state index in [2.05, 4.69) is 0 Å². The number of rotatable bonds is 4. The molecule has 0 spiro atoms. The average Bonchev–Trinajstić information content (AvgIpc) is 2.85. The molecular formula is C13H17FO2S. The van der Waals surface area contributed by atoms with Crippen LogP contribution in [0.5, 0.6) is 5.75 Å². The third-order valence-corrected chi connectivity index (χ3v) is 4.59. The number of hydrogen-bond donors (Lipinski definition) is 1. The quantitative estimate of drug-likeness (QED) is 0.898. The minimum absolute atomic E-state index is 0.244. The number of ether oxygens (including phenoxy) is 1. The van der Waals surface area contributed by atoms with Gasteiger partial charge in [0.2, 0.25) is 0 Å². The van der Waals surface area contributed by atoms with Gasteiger partial charge in [-0.1, -0.05) is 12.1 Å². The number of aliphatic hydroxyl groups is 1. The van der Waals surface area contributed by atoms with Crippen LogP contribution in [0.2, 0.25) is 0 Å². The van der Waals surface area contributed by atoms with E-state index in [4.69, 9.17) is 4.74 Å². The molecule has 2 nitrogen and oxygen atoms in total. The van der Waals surface area contributed by atoms with Crippen molar-refractivity contribution < 1.29 is 14.2 Å². The summed E-state index contributed by atoms with van der Waals surface area (Å²) in [6.07, 6.45) is 2.06. The summed E-state index contributed by atoms with van der Waals surface area (Å²) in [4.78, 5) is 0. The Bertz CT molecular complexity index is 378. The molecule has 17 heavy (non-hydrogen) atoms. The number of methoxy groups -OCH3 is 1. The first-order chi connectivity index (χ1) is 8.22. The Labute approximate surface area is 105 Å². The zero-order chi connectivity index (χ0) is 12.3. The Morgan fingerprint density at radius 3 is 3.06 bits per heavy atom. The predicted molar refractivity (Wildman–Crippen MR) is 68.1 cm³/mol. The average molecular weight is 256 g/mol. The lowest BCUT2D eigenvalue weighted by Gasteiger charge is -2.17. The summed E-state index contributed by atoms with van der Waals surface area (Å²) in [5.74, 6) is 0.994. The van der Waals surface area contributed by atoms with Gasteiger partial charge in [-0.25, -0.2) is 4.39 Å². The molecule has 0 aromatic heterocycles.